The van der Waals surface area contributed by atoms with Crippen LogP contribution in [0.2, 0.25) is 0 Å². The molecule has 0 aliphatic rings. The van der Waals surface area contributed by atoms with E-state index >= 15 is 0 Å². The van der Waals surface area contributed by atoms with Crippen molar-refractivity contribution in [1.29, 1.82) is 0 Å². The molecule has 0 atom stereocenters. The molecule has 0 saturated heterocycles. The van der Waals surface area contributed by atoms with Gasteiger partial charge in [0.2, 0.25) is 0 Å². The molecule has 0 bridgehead atoms. The molecule has 19 heavy (non-hydrogen) atoms. The van der Waals surface area contributed by atoms with Crippen molar-refractivity contribution in [2.45, 2.75) is 20.8 Å². The Labute approximate surface area is 115 Å². The Kier molecular flexibility index (Phi) is 4.01. The third kappa shape index (κ3) is 2.39. The van der Waals surface area contributed by atoms with Gasteiger partial charge in [-0.25, -0.2) is 0 Å². The lowest BCUT2D eigenvalue weighted by atomic mass is 9.91. The SMILES string of the molecule is C=CC(=C/C)/C(=C\C)c1ccc2ccccc2c1C. The molecule has 0 spiro atoms. The van der Waals surface area contributed by atoms with Crippen molar-refractivity contribution >= 4 is 16.3 Å². The molecule has 0 radical (unpaired) electrons. The molecule has 2 rings (SSSR count). The van der Waals surface area contributed by atoms with Gasteiger partial charge in [0, 0.05) is 0 Å². The molecule has 0 amide bonds. The summed E-state index contributed by atoms with van der Waals surface area (Å²) >= 11 is 0. The second-order valence-corrected chi connectivity index (χ2v) is 4.61. The van der Waals surface area contributed by atoms with Gasteiger partial charge in [-0.05, 0) is 53.8 Å². The maximum absolute atomic E-state index is 3.91. The third-order valence-corrected chi connectivity index (χ3v) is 3.62. The molecule has 0 aliphatic carbocycles. The first-order chi connectivity index (χ1) is 9.22. The number of aryl methyl sites for hydroxylation is 1. The summed E-state index contributed by atoms with van der Waals surface area (Å²) in [4.78, 5) is 0. The molecule has 0 unspecified atom stereocenters. The van der Waals surface area contributed by atoms with Crippen molar-refractivity contribution in [3.05, 3.63) is 77.9 Å². The summed E-state index contributed by atoms with van der Waals surface area (Å²) in [7, 11) is 0. The summed E-state index contributed by atoms with van der Waals surface area (Å²) in [5.41, 5.74) is 5.04. The fourth-order valence-electron chi connectivity index (χ4n) is 2.58. The highest BCUT2D eigenvalue weighted by Crippen LogP contribution is 2.31. The molecule has 0 saturated carbocycles. The smallest absolute Gasteiger partial charge is 0.0146 e. The Bertz CT molecular complexity index is 669. The molecular weight excluding hydrogens is 228 g/mol. The Morgan fingerprint density at radius 2 is 1.74 bits per heavy atom. The van der Waals surface area contributed by atoms with Gasteiger partial charge in [0.05, 0.1) is 0 Å². The lowest BCUT2D eigenvalue weighted by Crippen LogP contribution is -1.92. The molecule has 0 N–H and O–H groups in total. The van der Waals surface area contributed by atoms with E-state index in [0.29, 0.717) is 0 Å². The van der Waals surface area contributed by atoms with Crippen LogP contribution in [0.1, 0.15) is 25.0 Å². The normalized spacial score (nSPS) is 12.8. The zero-order valence-electron chi connectivity index (χ0n) is 11.9. The second-order valence-electron chi connectivity index (χ2n) is 4.61. The number of fused-ring (bicyclic) bond motifs is 1. The molecule has 0 nitrogen and oxygen atoms in total. The first-order valence-corrected chi connectivity index (χ1v) is 6.67. The van der Waals surface area contributed by atoms with Gasteiger partial charge in [-0.15, -0.1) is 0 Å². The second kappa shape index (κ2) is 5.71. The van der Waals surface area contributed by atoms with E-state index in [-0.39, 0.29) is 0 Å². The Morgan fingerprint density at radius 1 is 1.00 bits per heavy atom. The summed E-state index contributed by atoms with van der Waals surface area (Å²) in [6, 6.07) is 12.9. The minimum atomic E-state index is 1.18. The number of allylic oxidation sites excluding steroid dienone is 5. The first kappa shape index (κ1) is 13.4. The lowest BCUT2D eigenvalue weighted by molar-refractivity contribution is 1.45. The highest BCUT2D eigenvalue weighted by Gasteiger charge is 2.09. The van der Waals surface area contributed by atoms with Crippen LogP contribution in [0.25, 0.3) is 16.3 Å². The molecular formula is C19H20. The predicted molar refractivity (Wildman–Crippen MR) is 86.3 cm³/mol. The van der Waals surface area contributed by atoms with Crippen molar-refractivity contribution < 1.29 is 0 Å². The fraction of sp³-hybridized carbons (Fsp3) is 0.158. The molecule has 0 aliphatic heterocycles. The molecule has 96 valence electrons. The highest BCUT2D eigenvalue weighted by atomic mass is 14.1. The quantitative estimate of drug-likeness (QED) is 0.613. The maximum atomic E-state index is 3.91. The molecule has 0 heterocycles. The van der Waals surface area contributed by atoms with Gasteiger partial charge in [0.1, 0.15) is 0 Å². The van der Waals surface area contributed by atoms with Gasteiger partial charge in [0.15, 0.2) is 0 Å². The van der Waals surface area contributed by atoms with Crippen LogP contribution in [-0.2, 0) is 0 Å². The van der Waals surface area contributed by atoms with Crippen LogP contribution in [-0.4, -0.2) is 0 Å². The van der Waals surface area contributed by atoms with E-state index in [4.69, 9.17) is 0 Å². The van der Waals surface area contributed by atoms with Gasteiger partial charge in [-0.1, -0.05) is 61.2 Å². The number of benzene rings is 2. The Hall–Kier alpha value is -2.08. The van der Waals surface area contributed by atoms with Gasteiger partial charge < -0.3 is 0 Å². The van der Waals surface area contributed by atoms with Gasteiger partial charge >= 0.3 is 0 Å². The van der Waals surface area contributed by atoms with Crippen LogP contribution >= 0.6 is 0 Å². The standard InChI is InChI=1S/C19H20/c1-5-15(6-2)17(7-3)19-13-12-16-10-8-9-11-18(16)14(19)4/h5-13H,1H2,2-4H3/b15-6-,17-7+. The first-order valence-electron chi connectivity index (χ1n) is 6.67. The van der Waals surface area contributed by atoms with Crippen molar-refractivity contribution in [1.82, 2.24) is 0 Å². The molecule has 2 aromatic carbocycles. The van der Waals surface area contributed by atoms with Crippen LogP contribution in [0.3, 0.4) is 0 Å². The molecule has 0 fully saturated rings. The average molecular weight is 248 g/mol. The summed E-state index contributed by atoms with van der Waals surface area (Å²) in [6.45, 7) is 10.2. The molecule has 0 heteroatoms. The minimum absolute atomic E-state index is 1.18. The number of hydrogen-bond acceptors (Lipinski definition) is 0. The van der Waals surface area contributed by atoms with Gasteiger partial charge in [-0.3, -0.25) is 0 Å². The van der Waals surface area contributed by atoms with E-state index in [1.165, 1.54) is 33.0 Å². The van der Waals surface area contributed by atoms with Crippen molar-refractivity contribution in [2.24, 2.45) is 0 Å². The topological polar surface area (TPSA) is 0 Å². The predicted octanol–water partition coefficient (Wildman–Crippen LogP) is 5.68. The number of hydrogen-bond donors (Lipinski definition) is 0. The van der Waals surface area contributed by atoms with E-state index < -0.39 is 0 Å². The van der Waals surface area contributed by atoms with E-state index in [1.807, 2.05) is 6.08 Å². The monoisotopic (exact) mass is 248 g/mol. The summed E-state index contributed by atoms with van der Waals surface area (Å²) in [5.74, 6) is 0. The Balaban J connectivity index is 2.69. The fourth-order valence-corrected chi connectivity index (χ4v) is 2.58. The zero-order chi connectivity index (χ0) is 13.8. The summed E-state index contributed by atoms with van der Waals surface area (Å²) < 4.78 is 0. The van der Waals surface area contributed by atoms with E-state index in [9.17, 15) is 0 Å². The van der Waals surface area contributed by atoms with Crippen molar-refractivity contribution in [3.63, 3.8) is 0 Å². The van der Waals surface area contributed by atoms with Gasteiger partial charge in [0.25, 0.3) is 0 Å². The van der Waals surface area contributed by atoms with Crippen molar-refractivity contribution in [3.8, 4) is 0 Å². The summed E-state index contributed by atoms with van der Waals surface area (Å²) in [5, 5.41) is 2.61. The van der Waals surface area contributed by atoms with Crippen LogP contribution in [0, 0.1) is 6.92 Å². The van der Waals surface area contributed by atoms with Crippen LogP contribution in [0.5, 0.6) is 0 Å². The average Bonchev–Trinajstić information content (AvgIpc) is 2.46. The van der Waals surface area contributed by atoms with E-state index in [1.54, 1.807) is 0 Å². The minimum Gasteiger partial charge on any atom is -0.0985 e. The maximum Gasteiger partial charge on any atom is -0.0146 e. The van der Waals surface area contributed by atoms with E-state index in [0.717, 1.165) is 0 Å². The molecule has 2 aromatic rings. The van der Waals surface area contributed by atoms with Crippen LogP contribution in [0.4, 0.5) is 0 Å². The van der Waals surface area contributed by atoms with E-state index in [2.05, 4.69) is 75.9 Å². The lowest BCUT2D eigenvalue weighted by Gasteiger charge is -2.14. The largest absolute Gasteiger partial charge is 0.0985 e. The zero-order valence-corrected chi connectivity index (χ0v) is 11.9. The van der Waals surface area contributed by atoms with Crippen LogP contribution in [0.15, 0.2) is 66.8 Å². The van der Waals surface area contributed by atoms with Gasteiger partial charge in [-0.2, -0.15) is 0 Å². The van der Waals surface area contributed by atoms with Crippen LogP contribution < -0.4 is 0 Å². The number of rotatable bonds is 3. The summed E-state index contributed by atoms with van der Waals surface area (Å²) in [6.07, 6.45) is 6.19. The highest BCUT2D eigenvalue weighted by molar-refractivity contribution is 5.93. The Morgan fingerprint density at radius 3 is 2.37 bits per heavy atom. The molecule has 0 aromatic heterocycles. The van der Waals surface area contributed by atoms with Crippen molar-refractivity contribution in [2.75, 3.05) is 0 Å². The third-order valence-electron chi connectivity index (χ3n) is 3.62.